The number of amidine groups is 1. The Kier molecular flexibility index (Phi) is 2.93. The molecule has 3 rings (SSSR count). The third-order valence-corrected chi connectivity index (χ3v) is 5.76. The highest BCUT2D eigenvalue weighted by Crippen LogP contribution is 2.46. The number of rotatable bonds is 2. The lowest BCUT2D eigenvalue weighted by atomic mass is 9.96. The number of nitrogens with one attached hydrogen (secondary N) is 1. The Hall–Kier alpha value is -0.510. The Balaban J connectivity index is 1.68. The van der Waals surface area contributed by atoms with Crippen LogP contribution in [0.5, 0.6) is 0 Å². The Bertz CT molecular complexity index is 366. The zero-order valence-electron chi connectivity index (χ0n) is 10.5. The van der Waals surface area contributed by atoms with E-state index in [0.29, 0.717) is 12.0 Å². The highest BCUT2D eigenvalue weighted by molar-refractivity contribution is 8.15. The quantitative estimate of drug-likeness (QED) is 0.820. The van der Waals surface area contributed by atoms with Gasteiger partial charge in [-0.05, 0) is 37.0 Å². The molecule has 0 aromatic carbocycles. The second-order valence-electron chi connectivity index (χ2n) is 5.95. The van der Waals surface area contributed by atoms with Gasteiger partial charge >= 0.3 is 0 Å². The normalized spacial score (nSPS) is 42.8. The van der Waals surface area contributed by atoms with E-state index in [-0.39, 0.29) is 11.2 Å². The number of hydrogen-bond donors (Lipinski definition) is 1. The van der Waals surface area contributed by atoms with E-state index in [9.17, 15) is 4.79 Å². The van der Waals surface area contributed by atoms with Crippen LogP contribution in [0.1, 0.15) is 39.5 Å². The van der Waals surface area contributed by atoms with E-state index >= 15 is 0 Å². The molecular weight excluding hydrogens is 232 g/mol. The van der Waals surface area contributed by atoms with Crippen LogP contribution in [0.3, 0.4) is 0 Å². The fourth-order valence-corrected chi connectivity index (χ4v) is 4.44. The summed E-state index contributed by atoms with van der Waals surface area (Å²) in [5, 5.41) is 3.89. The molecule has 4 atom stereocenters. The molecule has 2 aliphatic carbocycles. The summed E-state index contributed by atoms with van der Waals surface area (Å²) in [5.74, 6) is 2.24. The average molecular weight is 252 g/mol. The van der Waals surface area contributed by atoms with Gasteiger partial charge in [0.1, 0.15) is 0 Å². The molecule has 2 bridgehead atoms. The van der Waals surface area contributed by atoms with Crippen molar-refractivity contribution in [3.63, 3.8) is 0 Å². The first-order valence-corrected chi connectivity index (χ1v) is 7.56. The largest absolute Gasteiger partial charge is 0.304 e. The lowest BCUT2D eigenvalue weighted by Gasteiger charge is -2.17. The Morgan fingerprint density at radius 2 is 2.18 bits per heavy atom. The topological polar surface area (TPSA) is 41.5 Å². The van der Waals surface area contributed by atoms with E-state index in [1.54, 1.807) is 11.8 Å². The molecule has 1 unspecified atom stereocenters. The molecule has 0 aromatic heterocycles. The van der Waals surface area contributed by atoms with Crippen molar-refractivity contribution in [3.8, 4) is 0 Å². The van der Waals surface area contributed by atoms with Crippen LogP contribution in [-0.4, -0.2) is 22.4 Å². The number of hydrogen-bond acceptors (Lipinski definition) is 3. The van der Waals surface area contributed by atoms with Crippen molar-refractivity contribution in [2.75, 3.05) is 0 Å². The van der Waals surface area contributed by atoms with Crippen LogP contribution in [0.4, 0.5) is 0 Å². The molecule has 0 radical (unpaired) electrons. The second-order valence-corrected chi connectivity index (χ2v) is 7.08. The lowest BCUT2D eigenvalue weighted by Crippen LogP contribution is -2.28. The number of amides is 1. The smallest absolute Gasteiger partial charge is 0.239 e. The fourth-order valence-electron chi connectivity index (χ4n) is 3.40. The van der Waals surface area contributed by atoms with Gasteiger partial charge in [-0.3, -0.25) is 9.79 Å². The Morgan fingerprint density at radius 3 is 2.71 bits per heavy atom. The highest BCUT2D eigenvalue weighted by atomic mass is 32.2. The molecular formula is C13H20N2OS. The first-order chi connectivity index (χ1) is 8.13. The summed E-state index contributed by atoms with van der Waals surface area (Å²) >= 11 is 1.63. The zero-order valence-corrected chi connectivity index (χ0v) is 11.3. The predicted octanol–water partition coefficient (Wildman–Crippen LogP) is 2.42. The third kappa shape index (κ3) is 2.12. The van der Waals surface area contributed by atoms with Gasteiger partial charge in [0.15, 0.2) is 5.17 Å². The maximum atomic E-state index is 11.7. The van der Waals surface area contributed by atoms with Gasteiger partial charge in [-0.2, -0.15) is 0 Å². The van der Waals surface area contributed by atoms with Crippen molar-refractivity contribution in [1.29, 1.82) is 0 Å². The minimum Gasteiger partial charge on any atom is -0.304 e. The van der Waals surface area contributed by atoms with Crippen LogP contribution in [0.25, 0.3) is 0 Å². The van der Waals surface area contributed by atoms with Gasteiger partial charge in [0.05, 0.1) is 11.3 Å². The lowest BCUT2D eigenvalue weighted by molar-refractivity contribution is -0.119. The highest BCUT2D eigenvalue weighted by Gasteiger charge is 2.41. The summed E-state index contributed by atoms with van der Waals surface area (Å²) in [6, 6.07) is 0.488. The molecule has 3 aliphatic rings. The standard InChI is InChI=1S/C13H20N2OS/c1-7(2)11-12(16)15-13(17-11)14-10-6-8-3-4-9(10)5-8/h7-11H,3-6H2,1-2H3,(H,14,15,16)/t8-,9+,10+,11?/m1/s1. The molecule has 3 fully saturated rings. The molecule has 0 spiro atoms. The molecule has 3 nitrogen and oxygen atoms in total. The molecule has 1 aliphatic heterocycles. The molecule has 0 aromatic rings. The van der Waals surface area contributed by atoms with Crippen LogP contribution in [0.2, 0.25) is 0 Å². The van der Waals surface area contributed by atoms with E-state index in [4.69, 9.17) is 4.99 Å². The number of aliphatic imine (C=N–C) groups is 1. The first-order valence-electron chi connectivity index (χ1n) is 6.69. The van der Waals surface area contributed by atoms with Crippen LogP contribution in [0.15, 0.2) is 4.99 Å². The van der Waals surface area contributed by atoms with Gasteiger partial charge in [-0.1, -0.05) is 32.0 Å². The van der Waals surface area contributed by atoms with E-state index < -0.39 is 0 Å². The van der Waals surface area contributed by atoms with Gasteiger partial charge in [-0.15, -0.1) is 0 Å². The van der Waals surface area contributed by atoms with Crippen molar-refractivity contribution in [1.82, 2.24) is 5.32 Å². The number of fused-ring (bicyclic) bond motifs is 2. The molecule has 94 valence electrons. The third-order valence-electron chi connectivity index (χ3n) is 4.32. The van der Waals surface area contributed by atoms with E-state index in [0.717, 1.165) is 17.0 Å². The second kappa shape index (κ2) is 4.30. The van der Waals surface area contributed by atoms with Gasteiger partial charge in [0.25, 0.3) is 0 Å². The van der Waals surface area contributed by atoms with Crippen LogP contribution >= 0.6 is 11.8 Å². The minimum atomic E-state index is 0.0624. The Morgan fingerprint density at radius 1 is 1.35 bits per heavy atom. The van der Waals surface area contributed by atoms with E-state index in [1.807, 2.05) is 0 Å². The molecule has 1 amide bonds. The van der Waals surface area contributed by atoms with Gasteiger partial charge in [0.2, 0.25) is 5.91 Å². The molecule has 2 saturated carbocycles. The van der Waals surface area contributed by atoms with Crippen molar-refractivity contribution >= 4 is 22.8 Å². The van der Waals surface area contributed by atoms with Crippen molar-refractivity contribution in [2.24, 2.45) is 22.7 Å². The van der Waals surface area contributed by atoms with Gasteiger partial charge in [-0.25, -0.2) is 0 Å². The van der Waals surface area contributed by atoms with Crippen LogP contribution in [0, 0.1) is 17.8 Å². The summed E-state index contributed by atoms with van der Waals surface area (Å²) < 4.78 is 0. The van der Waals surface area contributed by atoms with Crippen molar-refractivity contribution in [3.05, 3.63) is 0 Å². The number of carbonyl (C=O) groups excluding carboxylic acids is 1. The molecule has 4 heteroatoms. The summed E-state index contributed by atoms with van der Waals surface area (Å²) in [6.07, 6.45) is 5.36. The number of nitrogens with zero attached hydrogens (tertiary/aromatic N) is 1. The average Bonchev–Trinajstić information content (AvgIpc) is 2.93. The van der Waals surface area contributed by atoms with Crippen LogP contribution in [-0.2, 0) is 4.79 Å². The molecule has 1 N–H and O–H groups in total. The maximum Gasteiger partial charge on any atom is 0.239 e. The van der Waals surface area contributed by atoms with Crippen LogP contribution < -0.4 is 5.32 Å². The van der Waals surface area contributed by atoms with Crippen molar-refractivity contribution in [2.45, 2.75) is 50.8 Å². The summed E-state index contributed by atoms with van der Waals surface area (Å²) in [4.78, 5) is 16.5. The molecule has 1 saturated heterocycles. The number of carbonyl (C=O) groups is 1. The minimum absolute atomic E-state index is 0.0624. The van der Waals surface area contributed by atoms with Gasteiger partial charge in [0, 0.05) is 0 Å². The van der Waals surface area contributed by atoms with Crippen molar-refractivity contribution < 1.29 is 4.79 Å². The number of thioether (sulfide) groups is 1. The summed E-state index contributed by atoms with van der Waals surface area (Å²) in [7, 11) is 0. The van der Waals surface area contributed by atoms with E-state index in [2.05, 4.69) is 19.2 Å². The molecule has 1 heterocycles. The zero-order chi connectivity index (χ0) is 12.0. The molecule has 17 heavy (non-hydrogen) atoms. The summed E-state index contributed by atoms with van der Waals surface area (Å²) in [5.41, 5.74) is 0. The SMILES string of the molecule is CC(C)C1SC(=N[C@H]2C[C@@H]3CC[C@H]2C3)NC1=O. The fraction of sp³-hybridized carbons (Fsp3) is 0.846. The van der Waals surface area contributed by atoms with Gasteiger partial charge < -0.3 is 5.32 Å². The first kappa shape index (κ1) is 11.6. The van der Waals surface area contributed by atoms with E-state index in [1.165, 1.54) is 25.7 Å². The summed E-state index contributed by atoms with van der Waals surface area (Å²) in [6.45, 7) is 4.19. The maximum absolute atomic E-state index is 11.7. The monoisotopic (exact) mass is 252 g/mol. The predicted molar refractivity (Wildman–Crippen MR) is 71.0 cm³/mol. The Labute approximate surface area is 107 Å².